The summed E-state index contributed by atoms with van der Waals surface area (Å²) in [7, 11) is 0. The van der Waals surface area contributed by atoms with Crippen molar-refractivity contribution in [2.45, 2.75) is 37.2 Å². The van der Waals surface area contributed by atoms with Crippen LogP contribution >= 0.6 is 11.8 Å². The summed E-state index contributed by atoms with van der Waals surface area (Å²) >= 11 is 0.0932. The summed E-state index contributed by atoms with van der Waals surface area (Å²) in [5.74, 6) is 1.05. The van der Waals surface area contributed by atoms with Gasteiger partial charge in [0.15, 0.2) is 0 Å². The predicted octanol–water partition coefficient (Wildman–Crippen LogP) is 2.70. The van der Waals surface area contributed by atoms with Gasteiger partial charge in [-0.15, -0.1) is 0 Å². The second-order valence-corrected chi connectivity index (χ2v) is 6.42. The van der Waals surface area contributed by atoms with Crippen LogP contribution in [0.2, 0.25) is 0 Å². The lowest BCUT2D eigenvalue weighted by atomic mass is 10.1. The van der Waals surface area contributed by atoms with Gasteiger partial charge in [-0.05, 0) is 63.0 Å². The van der Waals surface area contributed by atoms with Crippen molar-refractivity contribution in [3.8, 4) is 0 Å². The van der Waals surface area contributed by atoms with E-state index in [0.717, 1.165) is 38.4 Å². The first-order valence-corrected chi connectivity index (χ1v) is 7.68. The first kappa shape index (κ1) is 14.5. The highest BCUT2D eigenvalue weighted by Gasteiger charge is 2.28. The van der Waals surface area contributed by atoms with E-state index in [9.17, 15) is 13.2 Å². The van der Waals surface area contributed by atoms with E-state index in [4.69, 9.17) is 0 Å². The molecule has 0 spiro atoms. The van der Waals surface area contributed by atoms with Crippen molar-refractivity contribution < 1.29 is 13.2 Å². The molecule has 0 atom stereocenters. The van der Waals surface area contributed by atoms with E-state index in [1.54, 1.807) is 0 Å². The third-order valence-electron chi connectivity index (χ3n) is 3.65. The van der Waals surface area contributed by atoms with Crippen LogP contribution in [0.25, 0.3) is 0 Å². The molecular weight excluding hydrogens is 261 g/mol. The van der Waals surface area contributed by atoms with Gasteiger partial charge in [-0.25, -0.2) is 0 Å². The van der Waals surface area contributed by atoms with E-state index < -0.39 is 5.51 Å². The first-order valence-electron chi connectivity index (χ1n) is 6.69. The summed E-state index contributed by atoms with van der Waals surface area (Å²) in [5.41, 5.74) is -4.08. The molecule has 0 bridgehead atoms. The summed E-state index contributed by atoms with van der Waals surface area (Å²) in [6.07, 6.45) is 4.87. The molecule has 2 fully saturated rings. The quantitative estimate of drug-likeness (QED) is 0.806. The Labute approximate surface area is 111 Å². The molecule has 106 valence electrons. The Morgan fingerprint density at radius 1 is 1.11 bits per heavy atom. The maximum Gasteiger partial charge on any atom is 0.441 e. The highest BCUT2D eigenvalue weighted by molar-refractivity contribution is 8.00. The maximum atomic E-state index is 12.0. The SMILES string of the molecule is FC(F)(F)SCCN1CCC(NCC2CC2)CC1. The number of likely N-dealkylation sites (tertiary alicyclic amines) is 1. The van der Waals surface area contributed by atoms with Gasteiger partial charge in [0.2, 0.25) is 0 Å². The molecule has 6 heteroatoms. The van der Waals surface area contributed by atoms with E-state index in [2.05, 4.69) is 10.2 Å². The van der Waals surface area contributed by atoms with Crippen LogP contribution in [-0.4, -0.2) is 48.4 Å². The third-order valence-corrected chi connectivity index (χ3v) is 4.37. The van der Waals surface area contributed by atoms with Crippen molar-refractivity contribution in [2.24, 2.45) is 5.92 Å². The van der Waals surface area contributed by atoms with Crippen LogP contribution in [0.3, 0.4) is 0 Å². The van der Waals surface area contributed by atoms with Crippen LogP contribution in [0.15, 0.2) is 0 Å². The van der Waals surface area contributed by atoms with Crippen LogP contribution < -0.4 is 5.32 Å². The minimum atomic E-state index is -4.08. The molecule has 0 radical (unpaired) electrons. The normalized spacial score (nSPS) is 23.5. The molecule has 2 rings (SSSR count). The Morgan fingerprint density at radius 3 is 2.33 bits per heavy atom. The van der Waals surface area contributed by atoms with Crippen molar-refractivity contribution in [1.29, 1.82) is 0 Å². The highest BCUT2D eigenvalue weighted by Crippen LogP contribution is 2.30. The second kappa shape index (κ2) is 6.48. The number of thioether (sulfide) groups is 1. The molecule has 1 N–H and O–H groups in total. The van der Waals surface area contributed by atoms with E-state index in [1.807, 2.05) is 0 Å². The summed E-state index contributed by atoms with van der Waals surface area (Å²) in [4.78, 5) is 2.15. The van der Waals surface area contributed by atoms with Crippen molar-refractivity contribution in [3.05, 3.63) is 0 Å². The van der Waals surface area contributed by atoms with Gasteiger partial charge in [0.1, 0.15) is 0 Å². The second-order valence-electron chi connectivity index (χ2n) is 5.26. The molecule has 1 aliphatic heterocycles. The molecule has 0 aromatic heterocycles. The van der Waals surface area contributed by atoms with Crippen LogP contribution in [0.1, 0.15) is 25.7 Å². The number of piperidine rings is 1. The Balaban J connectivity index is 1.52. The van der Waals surface area contributed by atoms with Gasteiger partial charge in [0.25, 0.3) is 0 Å². The van der Waals surface area contributed by atoms with Gasteiger partial charge in [-0.3, -0.25) is 0 Å². The molecule has 18 heavy (non-hydrogen) atoms. The molecule has 1 heterocycles. The number of nitrogens with one attached hydrogen (secondary N) is 1. The van der Waals surface area contributed by atoms with Gasteiger partial charge >= 0.3 is 5.51 Å². The zero-order chi connectivity index (χ0) is 13.0. The highest BCUT2D eigenvalue weighted by atomic mass is 32.2. The Bertz CT molecular complexity index is 248. The fourth-order valence-electron chi connectivity index (χ4n) is 2.31. The lowest BCUT2D eigenvalue weighted by Gasteiger charge is -2.32. The number of hydrogen-bond acceptors (Lipinski definition) is 3. The average molecular weight is 282 g/mol. The first-order chi connectivity index (χ1) is 8.53. The Morgan fingerprint density at radius 2 is 1.78 bits per heavy atom. The van der Waals surface area contributed by atoms with Crippen molar-refractivity contribution in [2.75, 3.05) is 31.9 Å². The van der Waals surface area contributed by atoms with Crippen molar-refractivity contribution in [1.82, 2.24) is 10.2 Å². The van der Waals surface area contributed by atoms with E-state index in [1.165, 1.54) is 12.8 Å². The average Bonchev–Trinajstić information content (AvgIpc) is 3.10. The molecule has 0 aromatic rings. The molecule has 2 aliphatic rings. The number of rotatable bonds is 6. The zero-order valence-corrected chi connectivity index (χ0v) is 11.3. The molecule has 0 aromatic carbocycles. The monoisotopic (exact) mass is 282 g/mol. The summed E-state index contributed by atoms with van der Waals surface area (Å²) in [6, 6.07) is 0.581. The van der Waals surface area contributed by atoms with Gasteiger partial charge in [0.05, 0.1) is 0 Å². The van der Waals surface area contributed by atoms with Crippen LogP contribution in [0, 0.1) is 5.92 Å². The summed E-state index contributed by atoms with van der Waals surface area (Å²) < 4.78 is 36.0. The molecular formula is C12H21F3N2S. The topological polar surface area (TPSA) is 15.3 Å². The van der Waals surface area contributed by atoms with E-state index in [0.29, 0.717) is 12.6 Å². The van der Waals surface area contributed by atoms with E-state index in [-0.39, 0.29) is 17.5 Å². The predicted molar refractivity (Wildman–Crippen MR) is 68.7 cm³/mol. The molecule has 1 saturated carbocycles. The largest absolute Gasteiger partial charge is 0.441 e. The third kappa shape index (κ3) is 5.80. The lowest BCUT2D eigenvalue weighted by Crippen LogP contribution is -2.43. The van der Waals surface area contributed by atoms with Gasteiger partial charge in [-0.1, -0.05) is 0 Å². The smallest absolute Gasteiger partial charge is 0.314 e. The number of alkyl halides is 3. The maximum absolute atomic E-state index is 12.0. The van der Waals surface area contributed by atoms with Gasteiger partial charge in [-0.2, -0.15) is 13.2 Å². The molecule has 1 saturated heterocycles. The Kier molecular flexibility index (Phi) is 5.21. The molecule has 0 amide bonds. The van der Waals surface area contributed by atoms with Crippen LogP contribution in [-0.2, 0) is 0 Å². The fourth-order valence-corrected chi connectivity index (χ4v) is 2.89. The van der Waals surface area contributed by atoms with Crippen LogP contribution in [0.4, 0.5) is 13.2 Å². The number of nitrogens with zero attached hydrogens (tertiary/aromatic N) is 1. The van der Waals surface area contributed by atoms with Crippen molar-refractivity contribution in [3.63, 3.8) is 0 Å². The number of halogens is 3. The van der Waals surface area contributed by atoms with Crippen LogP contribution in [0.5, 0.6) is 0 Å². The van der Waals surface area contributed by atoms with Gasteiger partial charge in [0, 0.05) is 18.3 Å². The molecule has 2 nitrogen and oxygen atoms in total. The van der Waals surface area contributed by atoms with Crippen molar-refractivity contribution >= 4 is 11.8 Å². The standard InChI is InChI=1S/C12H21F3N2S/c13-12(14,15)18-8-7-17-5-3-11(4-6-17)16-9-10-1-2-10/h10-11,16H,1-9H2. The summed E-state index contributed by atoms with van der Waals surface area (Å²) in [6.45, 7) is 3.55. The minimum absolute atomic E-state index is 0.0932. The van der Waals surface area contributed by atoms with Gasteiger partial charge < -0.3 is 10.2 Å². The zero-order valence-electron chi connectivity index (χ0n) is 10.5. The Hall–Kier alpha value is 0.0600. The molecule has 0 unspecified atom stereocenters. The lowest BCUT2D eigenvalue weighted by molar-refractivity contribution is -0.0329. The summed E-state index contributed by atoms with van der Waals surface area (Å²) in [5, 5.41) is 3.57. The fraction of sp³-hybridized carbons (Fsp3) is 1.00. The number of hydrogen-bond donors (Lipinski definition) is 1. The minimum Gasteiger partial charge on any atom is -0.314 e. The van der Waals surface area contributed by atoms with E-state index >= 15 is 0 Å². The molecule has 1 aliphatic carbocycles.